The third kappa shape index (κ3) is 6.93. The number of nitrogens with one attached hydrogen (secondary N) is 2. The lowest BCUT2D eigenvalue weighted by Gasteiger charge is -2.08. The standard InChI is InChI=1S/C21H24N2O4/c1-2-3-20(25)23-18-11-6-16(7-12-18)14-22-19(24)13-8-15-4-9-17(10-5-15)21(26)27/h4-7,9-12H,2-3,8,13-14H2,1H3,(H,22,24)(H,23,25)(H,26,27). The molecule has 2 amide bonds. The Morgan fingerprint density at radius 1 is 0.852 bits per heavy atom. The van der Waals surface area contributed by atoms with Crippen LogP contribution < -0.4 is 10.6 Å². The fourth-order valence-electron chi connectivity index (χ4n) is 2.52. The van der Waals surface area contributed by atoms with E-state index in [2.05, 4.69) is 10.6 Å². The van der Waals surface area contributed by atoms with Gasteiger partial charge in [0.15, 0.2) is 0 Å². The molecule has 0 unspecified atom stereocenters. The van der Waals surface area contributed by atoms with Crippen LogP contribution in [0.25, 0.3) is 0 Å². The molecule has 0 spiro atoms. The van der Waals surface area contributed by atoms with Crippen molar-refractivity contribution in [2.75, 3.05) is 5.32 Å². The van der Waals surface area contributed by atoms with Gasteiger partial charge in [0.05, 0.1) is 5.56 Å². The topological polar surface area (TPSA) is 95.5 Å². The third-order valence-electron chi connectivity index (χ3n) is 4.05. The van der Waals surface area contributed by atoms with Crippen LogP contribution in [0.3, 0.4) is 0 Å². The Morgan fingerprint density at radius 2 is 1.48 bits per heavy atom. The summed E-state index contributed by atoms with van der Waals surface area (Å²) in [5.41, 5.74) is 2.84. The molecule has 2 rings (SSSR count). The number of carbonyl (C=O) groups is 3. The number of hydrogen-bond donors (Lipinski definition) is 3. The van der Waals surface area contributed by atoms with E-state index < -0.39 is 5.97 Å². The molecule has 0 radical (unpaired) electrons. The minimum absolute atomic E-state index is 0.00469. The summed E-state index contributed by atoms with van der Waals surface area (Å²) in [5, 5.41) is 14.6. The van der Waals surface area contributed by atoms with Gasteiger partial charge >= 0.3 is 5.97 Å². The molecule has 0 aromatic heterocycles. The predicted octanol–water partition coefficient (Wildman–Crippen LogP) is 3.37. The number of carboxylic acids is 1. The highest BCUT2D eigenvalue weighted by atomic mass is 16.4. The zero-order valence-electron chi connectivity index (χ0n) is 15.3. The second-order valence-corrected chi connectivity index (χ2v) is 6.27. The summed E-state index contributed by atoms with van der Waals surface area (Å²) in [6.45, 7) is 2.37. The molecular weight excluding hydrogens is 344 g/mol. The van der Waals surface area contributed by atoms with Gasteiger partial charge in [0.2, 0.25) is 11.8 Å². The monoisotopic (exact) mass is 368 g/mol. The van der Waals surface area contributed by atoms with E-state index in [4.69, 9.17) is 5.11 Å². The molecule has 2 aromatic rings. The maximum Gasteiger partial charge on any atom is 0.335 e. The number of anilines is 1. The maximum absolute atomic E-state index is 12.0. The first kappa shape index (κ1) is 20.2. The van der Waals surface area contributed by atoms with Gasteiger partial charge in [-0.2, -0.15) is 0 Å². The van der Waals surface area contributed by atoms with Crippen molar-refractivity contribution in [3.05, 3.63) is 65.2 Å². The van der Waals surface area contributed by atoms with E-state index in [-0.39, 0.29) is 17.4 Å². The first-order chi connectivity index (χ1) is 13.0. The summed E-state index contributed by atoms with van der Waals surface area (Å²) in [4.78, 5) is 34.4. The van der Waals surface area contributed by atoms with E-state index in [1.807, 2.05) is 31.2 Å². The lowest BCUT2D eigenvalue weighted by atomic mass is 10.1. The van der Waals surface area contributed by atoms with Crippen LogP contribution in [-0.4, -0.2) is 22.9 Å². The highest BCUT2D eigenvalue weighted by Crippen LogP contribution is 2.11. The molecule has 0 bridgehead atoms. The Labute approximate surface area is 158 Å². The van der Waals surface area contributed by atoms with E-state index in [0.717, 1.165) is 23.2 Å². The fourth-order valence-corrected chi connectivity index (χ4v) is 2.52. The largest absolute Gasteiger partial charge is 0.478 e. The number of rotatable bonds is 9. The molecule has 6 heteroatoms. The average molecular weight is 368 g/mol. The molecule has 0 heterocycles. The molecular formula is C21H24N2O4. The SMILES string of the molecule is CCCC(=O)Nc1ccc(CNC(=O)CCc2ccc(C(=O)O)cc2)cc1. The van der Waals surface area contributed by atoms with Crippen molar-refractivity contribution in [2.45, 2.75) is 39.2 Å². The molecule has 0 atom stereocenters. The second-order valence-electron chi connectivity index (χ2n) is 6.27. The van der Waals surface area contributed by atoms with Gasteiger partial charge in [-0.25, -0.2) is 4.79 Å². The van der Waals surface area contributed by atoms with Crippen LogP contribution in [0, 0.1) is 0 Å². The Hall–Kier alpha value is -3.15. The third-order valence-corrected chi connectivity index (χ3v) is 4.05. The zero-order valence-corrected chi connectivity index (χ0v) is 15.3. The van der Waals surface area contributed by atoms with Gasteiger partial charge in [-0.1, -0.05) is 31.2 Å². The number of benzene rings is 2. The normalized spacial score (nSPS) is 10.3. The van der Waals surface area contributed by atoms with Crippen molar-refractivity contribution in [2.24, 2.45) is 0 Å². The van der Waals surface area contributed by atoms with Gasteiger partial charge in [-0.3, -0.25) is 9.59 Å². The van der Waals surface area contributed by atoms with Crippen molar-refractivity contribution >= 4 is 23.5 Å². The molecule has 0 aliphatic rings. The van der Waals surface area contributed by atoms with E-state index in [0.29, 0.717) is 25.8 Å². The highest BCUT2D eigenvalue weighted by molar-refractivity contribution is 5.90. The molecule has 0 fully saturated rings. The van der Waals surface area contributed by atoms with Crippen LogP contribution >= 0.6 is 0 Å². The smallest absolute Gasteiger partial charge is 0.335 e. The molecule has 3 N–H and O–H groups in total. The Kier molecular flexibility index (Phi) is 7.55. The Bertz CT molecular complexity index is 783. The summed E-state index contributed by atoms with van der Waals surface area (Å²) >= 11 is 0. The van der Waals surface area contributed by atoms with Crippen LogP contribution in [0.1, 0.15) is 47.7 Å². The van der Waals surface area contributed by atoms with Gasteiger partial charge in [0.1, 0.15) is 0 Å². The summed E-state index contributed by atoms with van der Waals surface area (Å²) in [6.07, 6.45) is 2.18. The van der Waals surface area contributed by atoms with Crippen molar-refractivity contribution < 1.29 is 19.5 Å². The lowest BCUT2D eigenvalue weighted by molar-refractivity contribution is -0.121. The zero-order chi connectivity index (χ0) is 19.6. The molecule has 0 saturated heterocycles. The van der Waals surface area contributed by atoms with E-state index in [9.17, 15) is 14.4 Å². The van der Waals surface area contributed by atoms with E-state index in [1.54, 1.807) is 12.1 Å². The molecule has 142 valence electrons. The summed E-state index contributed by atoms with van der Waals surface area (Å²) in [5.74, 6) is -1.04. The Balaban J connectivity index is 1.74. The van der Waals surface area contributed by atoms with Gasteiger partial charge in [0.25, 0.3) is 0 Å². The van der Waals surface area contributed by atoms with Crippen molar-refractivity contribution in [3.8, 4) is 0 Å². The first-order valence-corrected chi connectivity index (χ1v) is 8.95. The highest BCUT2D eigenvalue weighted by Gasteiger charge is 2.05. The molecule has 0 saturated carbocycles. The summed E-state index contributed by atoms with van der Waals surface area (Å²) < 4.78 is 0. The quantitative estimate of drug-likeness (QED) is 0.632. The van der Waals surface area contributed by atoms with Crippen LogP contribution in [0.4, 0.5) is 5.69 Å². The predicted molar refractivity (Wildman–Crippen MR) is 104 cm³/mol. The van der Waals surface area contributed by atoms with Crippen LogP contribution in [0.2, 0.25) is 0 Å². The fraction of sp³-hybridized carbons (Fsp3) is 0.286. The van der Waals surface area contributed by atoms with Crippen molar-refractivity contribution in [1.29, 1.82) is 0 Å². The van der Waals surface area contributed by atoms with Gasteiger partial charge in [-0.05, 0) is 48.2 Å². The summed E-state index contributed by atoms with van der Waals surface area (Å²) in [7, 11) is 0. The molecule has 2 aromatic carbocycles. The molecule has 0 aliphatic carbocycles. The van der Waals surface area contributed by atoms with Gasteiger partial charge < -0.3 is 15.7 Å². The van der Waals surface area contributed by atoms with E-state index in [1.165, 1.54) is 12.1 Å². The lowest BCUT2D eigenvalue weighted by Crippen LogP contribution is -2.23. The van der Waals surface area contributed by atoms with Gasteiger partial charge in [0, 0.05) is 25.1 Å². The van der Waals surface area contributed by atoms with Crippen LogP contribution in [-0.2, 0) is 22.6 Å². The minimum Gasteiger partial charge on any atom is -0.478 e. The molecule has 27 heavy (non-hydrogen) atoms. The number of hydrogen-bond acceptors (Lipinski definition) is 3. The Morgan fingerprint density at radius 3 is 2.07 bits per heavy atom. The minimum atomic E-state index is -0.963. The van der Waals surface area contributed by atoms with Crippen LogP contribution in [0.15, 0.2) is 48.5 Å². The van der Waals surface area contributed by atoms with Gasteiger partial charge in [-0.15, -0.1) is 0 Å². The number of carbonyl (C=O) groups excluding carboxylic acids is 2. The summed E-state index contributed by atoms with van der Waals surface area (Å²) in [6, 6.07) is 13.9. The van der Waals surface area contributed by atoms with E-state index >= 15 is 0 Å². The maximum atomic E-state index is 12.0. The first-order valence-electron chi connectivity index (χ1n) is 8.95. The molecule has 0 aliphatic heterocycles. The number of aryl methyl sites for hydroxylation is 1. The van der Waals surface area contributed by atoms with Crippen LogP contribution in [0.5, 0.6) is 0 Å². The second kappa shape index (κ2) is 10.1. The van der Waals surface area contributed by atoms with Crippen molar-refractivity contribution in [1.82, 2.24) is 5.32 Å². The van der Waals surface area contributed by atoms with Crippen molar-refractivity contribution in [3.63, 3.8) is 0 Å². The molecule has 6 nitrogen and oxygen atoms in total. The number of aromatic carboxylic acids is 1. The average Bonchev–Trinajstić information content (AvgIpc) is 2.66. The number of carboxylic acid groups (broad SMARTS) is 1. The number of amides is 2.